The highest BCUT2D eigenvalue weighted by atomic mass is 35.5. The first-order chi connectivity index (χ1) is 18.9. The molecule has 1 unspecified atom stereocenters. The van der Waals surface area contributed by atoms with Gasteiger partial charge in [0.1, 0.15) is 12.6 Å². The summed E-state index contributed by atoms with van der Waals surface area (Å²) < 4.78 is 29.2. The Morgan fingerprint density at radius 3 is 2.12 bits per heavy atom. The van der Waals surface area contributed by atoms with Crippen LogP contribution in [0.3, 0.4) is 0 Å². The van der Waals surface area contributed by atoms with Gasteiger partial charge in [0, 0.05) is 49.7 Å². The minimum absolute atomic E-state index is 0.106. The van der Waals surface area contributed by atoms with Crippen molar-refractivity contribution in [1.82, 2.24) is 14.5 Å². The summed E-state index contributed by atoms with van der Waals surface area (Å²) >= 11 is 12.9. The molecular weight excluding hydrogens is 571 g/mol. The molecule has 8 nitrogen and oxygen atoms in total. The lowest BCUT2D eigenvalue weighted by Crippen LogP contribution is -2.54. The minimum Gasteiger partial charge on any atom is -0.357 e. The van der Waals surface area contributed by atoms with E-state index in [1.165, 1.54) is 26.0 Å². The van der Waals surface area contributed by atoms with Crippen molar-refractivity contribution in [3.63, 3.8) is 0 Å². The molecule has 0 saturated heterocycles. The Bertz CT molecular complexity index is 1450. The Balaban J connectivity index is 2.15. The van der Waals surface area contributed by atoms with E-state index in [9.17, 15) is 18.0 Å². The maximum absolute atomic E-state index is 14.2. The number of carbonyl (C=O) groups is 2. The molecule has 3 aromatic carbocycles. The zero-order valence-corrected chi connectivity index (χ0v) is 25.5. The number of benzene rings is 3. The van der Waals surface area contributed by atoms with Crippen molar-refractivity contribution in [2.75, 3.05) is 32.0 Å². The third-order valence-electron chi connectivity index (χ3n) is 6.56. The summed E-state index contributed by atoms with van der Waals surface area (Å²) in [7, 11) is 0.207. The maximum Gasteiger partial charge on any atom is 0.304 e. The molecule has 40 heavy (non-hydrogen) atoms. The quantitative estimate of drug-likeness (QED) is 0.346. The van der Waals surface area contributed by atoms with Crippen LogP contribution in [0.25, 0.3) is 0 Å². The lowest BCUT2D eigenvalue weighted by molar-refractivity contribution is -0.139. The van der Waals surface area contributed by atoms with Crippen LogP contribution in [-0.4, -0.2) is 63.2 Å². The number of nitrogens with one attached hydrogen (secondary N) is 1. The molecule has 3 aromatic rings. The third-order valence-corrected chi connectivity index (χ3v) is 9.07. The van der Waals surface area contributed by atoms with Gasteiger partial charge in [-0.05, 0) is 48.7 Å². The standard InChI is InChI=1S/C29H34Cl2N4O4S/c1-20-14-15-21(2)26(16-20)35(40(38,39)33(4)5)19-28(36)34(18-23-24(30)12-9-13-25(23)31)27(29(37)32-3)17-22-10-7-6-8-11-22/h6-16,27H,17-19H2,1-5H3,(H,32,37). The van der Waals surface area contributed by atoms with Crippen LogP contribution in [0.1, 0.15) is 22.3 Å². The number of anilines is 1. The van der Waals surface area contributed by atoms with Crippen molar-refractivity contribution < 1.29 is 18.0 Å². The first-order valence-electron chi connectivity index (χ1n) is 12.6. The van der Waals surface area contributed by atoms with E-state index in [-0.39, 0.29) is 13.0 Å². The normalized spacial score (nSPS) is 12.2. The summed E-state index contributed by atoms with van der Waals surface area (Å²) in [5.41, 5.74) is 3.16. The van der Waals surface area contributed by atoms with E-state index >= 15 is 0 Å². The zero-order chi connectivity index (χ0) is 29.6. The molecule has 0 aliphatic carbocycles. The first-order valence-corrected chi connectivity index (χ1v) is 14.8. The number of amides is 2. The van der Waals surface area contributed by atoms with Crippen LogP contribution >= 0.6 is 23.2 Å². The predicted octanol–water partition coefficient (Wildman–Crippen LogP) is 4.61. The largest absolute Gasteiger partial charge is 0.357 e. The highest BCUT2D eigenvalue weighted by molar-refractivity contribution is 7.90. The topological polar surface area (TPSA) is 90.0 Å². The maximum atomic E-state index is 14.2. The average molecular weight is 606 g/mol. The number of hydrogen-bond acceptors (Lipinski definition) is 4. The molecule has 11 heteroatoms. The van der Waals surface area contributed by atoms with E-state index in [4.69, 9.17) is 23.2 Å². The van der Waals surface area contributed by atoms with Gasteiger partial charge >= 0.3 is 10.2 Å². The fourth-order valence-corrected chi connectivity index (χ4v) is 5.89. The zero-order valence-electron chi connectivity index (χ0n) is 23.2. The summed E-state index contributed by atoms with van der Waals surface area (Å²) in [4.78, 5) is 28.8. The van der Waals surface area contributed by atoms with Crippen LogP contribution in [0.5, 0.6) is 0 Å². The van der Waals surface area contributed by atoms with Gasteiger partial charge in [0.2, 0.25) is 11.8 Å². The molecule has 3 rings (SSSR count). The number of likely N-dealkylation sites (N-methyl/N-ethyl adjacent to an activating group) is 1. The van der Waals surface area contributed by atoms with Gasteiger partial charge in [0.05, 0.1) is 5.69 Å². The monoisotopic (exact) mass is 604 g/mol. The second-order valence-electron chi connectivity index (χ2n) is 9.63. The van der Waals surface area contributed by atoms with E-state index in [0.29, 0.717) is 26.9 Å². The molecule has 0 aliphatic heterocycles. The molecular formula is C29H34Cl2N4O4S. The number of aryl methyl sites for hydroxylation is 2. The second-order valence-corrected chi connectivity index (χ2v) is 12.5. The summed E-state index contributed by atoms with van der Waals surface area (Å²) in [6, 6.07) is 18.7. The highest BCUT2D eigenvalue weighted by Crippen LogP contribution is 2.29. The molecule has 0 bridgehead atoms. The molecule has 0 heterocycles. The van der Waals surface area contributed by atoms with Gasteiger partial charge in [0.25, 0.3) is 0 Å². The van der Waals surface area contributed by atoms with Crippen LogP contribution in [0, 0.1) is 13.8 Å². The molecule has 1 atom stereocenters. The fraction of sp³-hybridized carbons (Fsp3) is 0.310. The molecule has 0 fully saturated rings. The smallest absolute Gasteiger partial charge is 0.304 e. The number of rotatable bonds is 11. The van der Waals surface area contributed by atoms with Crippen LogP contribution < -0.4 is 9.62 Å². The third kappa shape index (κ3) is 7.34. The van der Waals surface area contributed by atoms with Crippen LogP contribution in [0.4, 0.5) is 5.69 Å². The van der Waals surface area contributed by atoms with Gasteiger partial charge in [-0.15, -0.1) is 0 Å². The van der Waals surface area contributed by atoms with Crippen molar-refractivity contribution in [2.24, 2.45) is 0 Å². The highest BCUT2D eigenvalue weighted by Gasteiger charge is 2.35. The number of carbonyl (C=O) groups excluding carboxylic acids is 2. The lowest BCUT2D eigenvalue weighted by Gasteiger charge is -2.35. The lowest BCUT2D eigenvalue weighted by atomic mass is 10.0. The van der Waals surface area contributed by atoms with Gasteiger partial charge in [-0.2, -0.15) is 12.7 Å². The van der Waals surface area contributed by atoms with E-state index in [1.807, 2.05) is 43.3 Å². The van der Waals surface area contributed by atoms with Crippen molar-refractivity contribution in [3.05, 3.63) is 99.0 Å². The van der Waals surface area contributed by atoms with Crippen molar-refractivity contribution in [2.45, 2.75) is 32.9 Å². The van der Waals surface area contributed by atoms with E-state index in [2.05, 4.69) is 5.32 Å². The Morgan fingerprint density at radius 2 is 1.55 bits per heavy atom. The molecule has 0 spiro atoms. The Morgan fingerprint density at radius 1 is 0.925 bits per heavy atom. The second kappa shape index (κ2) is 13.5. The molecule has 0 radical (unpaired) electrons. The van der Waals surface area contributed by atoms with E-state index in [1.54, 1.807) is 37.3 Å². The summed E-state index contributed by atoms with van der Waals surface area (Å²) in [5, 5.41) is 3.30. The predicted molar refractivity (Wildman–Crippen MR) is 161 cm³/mol. The van der Waals surface area contributed by atoms with Crippen molar-refractivity contribution >= 4 is 50.9 Å². The molecule has 2 amide bonds. The Kier molecular flexibility index (Phi) is 10.6. The van der Waals surface area contributed by atoms with Gasteiger partial charge < -0.3 is 10.2 Å². The average Bonchev–Trinajstić information content (AvgIpc) is 2.92. The summed E-state index contributed by atoms with van der Waals surface area (Å²) in [6.45, 7) is 2.97. The van der Waals surface area contributed by atoms with Gasteiger partial charge in [0.15, 0.2) is 0 Å². The molecule has 214 valence electrons. The van der Waals surface area contributed by atoms with Gasteiger partial charge in [-0.3, -0.25) is 9.59 Å². The van der Waals surface area contributed by atoms with E-state index < -0.39 is 34.6 Å². The minimum atomic E-state index is -4.09. The summed E-state index contributed by atoms with van der Waals surface area (Å²) in [6.07, 6.45) is 0.193. The molecule has 0 aliphatic rings. The molecule has 1 N–H and O–H groups in total. The number of nitrogens with zero attached hydrogens (tertiary/aromatic N) is 3. The molecule has 0 aromatic heterocycles. The fourth-order valence-electron chi connectivity index (χ4n) is 4.26. The van der Waals surface area contributed by atoms with Crippen LogP contribution in [0.2, 0.25) is 10.0 Å². The summed E-state index contributed by atoms with van der Waals surface area (Å²) in [5.74, 6) is -0.999. The van der Waals surface area contributed by atoms with Crippen LogP contribution in [0.15, 0.2) is 66.7 Å². The SMILES string of the molecule is CNC(=O)C(Cc1ccccc1)N(Cc1c(Cl)cccc1Cl)C(=O)CN(c1cc(C)ccc1C)S(=O)(=O)N(C)C. The van der Waals surface area contributed by atoms with Gasteiger partial charge in [-0.25, -0.2) is 4.31 Å². The Labute approximate surface area is 246 Å². The van der Waals surface area contributed by atoms with Gasteiger partial charge in [-0.1, -0.05) is 71.7 Å². The first kappa shape index (κ1) is 31.4. The number of hydrogen-bond donors (Lipinski definition) is 1. The molecule has 0 saturated carbocycles. The Hall–Kier alpha value is -3.11. The van der Waals surface area contributed by atoms with Crippen molar-refractivity contribution in [1.29, 1.82) is 0 Å². The van der Waals surface area contributed by atoms with Crippen LogP contribution in [-0.2, 0) is 32.8 Å². The van der Waals surface area contributed by atoms with Crippen molar-refractivity contribution in [3.8, 4) is 0 Å². The number of halogens is 2. The van der Waals surface area contributed by atoms with E-state index in [0.717, 1.165) is 19.7 Å².